The van der Waals surface area contributed by atoms with E-state index >= 15 is 0 Å². The molecule has 0 spiro atoms. The number of aryl methyl sites for hydroxylation is 1. The number of carbonyl (C=O) groups excluding carboxylic acids is 1. The fourth-order valence-electron chi connectivity index (χ4n) is 2.05. The molecule has 1 rings (SSSR count). The molecule has 0 aliphatic rings. The highest BCUT2D eigenvalue weighted by Gasteiger charge is 2.31. The second kappa shape index (κ2) is 7.98. The summed E-state index contributed by atoms with van der Waals surface area (Å²) in [6, 6.07) is 5.09. The lowest BCUT2D eigenvalue weighted by Crippen LogP contribution is -2.48. The molecule has 0 radical (unpaired) electrons. The van der Waals surface area contributed by atoms with Crippen LogP contribution in [0, 0.1) is 12.7 Å². The molecule has 1 atom stereocenters. The first-order valence-corrected chi connectivity index (χ1v) is 7.10. The Hall–Kier alpha value is -1.62. The molecule has 1 aromatic carbocycles. The van der Waals surface area contributed by atoms with Crippen LogP contribution < -0.4 is 10.1 Å². The lowest BCUT2D eigenvalue weighted by molar-refractivity contribution is -0.148. The number of methoxy groups -OCH3 is 1. The number of likely N-dealkylation sites (N-methyl/N-ethyl adjacent to an activating group) is 1. The van der Waals surface area contributed by atoms with E-state index in [4.69, 9.17) is 9.47 Å². The zero-order chi connectivity index (χ0) is 15.9. The van der Waals surface area contributed by atoms with Gasteiger partial charge in [-0.1, -0.05) is 12.1 Å². The van der Waals surface area contributed by atoms with E-state index in [0.29, 0.717) is 18.6 Å². The van der Waals surface area contributed by atoms with Gasteiger partial charge in [-0.05, 0) is 51.8 Å². The summed E-state index contributed by atoms with van der Waals surface area (Å²) >= 11 is 0. The quantitative estimate of drug-likeness (QED) is 0.592. The second-order valence-corrected chi connectivity index (χ2v) is 5.27. The number of ether oxygens (including phenoxy) is 2. The molecular weight excluding hydrogens is 273 g/mol. The molecule has 1 unspecified atom stereocenters. The van der Waals surface area contributed by atoms with Crippen molar-refractivity contribution in [3.63, 3.8) is 0 Å². The van der Waals surface area contributed by atoms with Gasteiger partial charge in [-0.15, -0.1) is 0 Å². The number of unbranched alkanes of at least 4 members (excludes halogenated alkanes) is 1. The van der Waals surface area contributed by atoms with Crippen molar-refractivity contribution in [3.05, 3.63) is 29.6 Å². The highest BCUT2D eigenvalue weighted by molar-refractivity contribution is 5.80. The topological polar surface area (TPSA) is 47.6 Å². The number of halogens is 1. The van der Waals surface area contributed by atoms with E-state index in [0.717, 1.165) is 12.8 Å². The number of hydrogen-bond donors (Lipinski definition) is 1. The average molecular weight is 297 g/mol. The largest absolute Gasteiger partial charge is 0.491 e. The average Bonchev–Trinajstić information content (AvgIpc) is 2.49. The molecule has 1 N–H and O–H groups in total. The maximum atomic E-state index is 13.7. The summed E-state index contributed by atoms with van der Waals surface area (Å²) in [6.07, 6.45) is 2.15. The highest BCUT2D eigenvalue weighted by Crippen LogP contribution is 2.20. The Morgan fingerprint density at radius 2 is 2.10 bits per heavy atom. The fraction of sp³-hybridized carbons (Fsp3) is 0.562. The van der Waals surface area contributed by atoms with Gasteiger partial charge in [0.15, 0.2) is 11.6 Å². The molecule has 0 aliphatic carbocycles. The molecule has 0 saturated carbocycles. The molecular formula is C16H24FNO3. The minimum absolute atomic E-state index is 0.277. The monoisotopic (exact) mass is 297 g/mol. The minimum atomic E-state index is -0.691. The van der Waals surface area contributed by atoms with Crippen molar-refractivity contribution in [1.82, 2.24) is 5.32 Å². The van der Waals surface area contributed by atoms with Crippen LogP contribution >= 0.6 is 0 Å². The molecule has 0 heterocycles. The molecule has 0 bridgehead atoms. The van der Waals surface area contributed by atoms with Gasteiger partial charge >= 0.3 is 5.97 Å². The molecule has 0 aliphatic heterocycles. The van der Waals surface area contributed by atoms with Crippen molar-refractivity contribution in [2.75, 3.05) is 20.8 Å². The van der Waals surface area contributed by atoms with Gasteiger partial charge < -0.3 is 14.8 Å². The summed E-state index contributed by atoms with van der Waals surface area (Å²) in [5.74, 6) is -0.317. The van der Waals surface area contributed by atoms with Crippen molar-refractivity contribution in [2.45, 2.75) is 38.6 Å². The van der Waals surface area contributed by atoms with Gasteiger partial charge in [0.2, 0.25) is 0 Å². The summed E-state index contributed by atoms with van der Waals surface area (Å²) in [4.78, 5) is 11.7. The number of rotatable bonds is 8. The van der Waals surface area contributed by atoms with E-state index in [9.17, 15) is 9.18 Å². The molecule has 0 aromatic heterocycles. The first-order valence-electron chi connectivity index (χ1n) is 7.10. The summed E-state index contributed by atoms with van der Waals surface area (Å²) in [6.45, 7) is 3.93. The summed E-state index contributed by atoms with van der Waals surface area (Å²) < 4.78 is 23.9. The van der Waals surface area contributed by atoms with Gasteiger partial charge in [0.1, 0.15) is 5.54 Å². The summed E-state index contributed by atoms with van der Waals surface area (Å²) in [7, 11) is 3.11. The van der Waals surface area contributed by atoms with Crippen LogP contribution in [-0.4, -0.2) is 32.3 Å². The molecule has 0 fully saturated rings. The molecule has 1 aromatic rings. The van der Waals surface area contributed by atoms with Gasteiger partial charge in [-0.2, -0.15) is 0 Å². The van der Waals surface area contributed by atoms with Crippen LogP contribution in [0.5, 0.6) is 5.75 Å². The van der Waals surface area contributed by atoms with Crippen LogP contribution in [0.3, 0.4) is 0 Å². The SMILES string of the molecule is CNC(C)(CCCCOc1cccc(C)c1F)C(=O)OC. The van der Waals surface area contributed by atoms with Crippen molar-refractivity contribution >= 4 is 5.97 Å². The first-order chi connectivity index (χ1) is 9.94. The third-order valence-corrected chi connectivity index (χ3v) is 3.67. The Bertz CT molecular complexity index is 479. The maximum Gasteiger partial charge on any atom is 0.325 e. The zero-order valence-corrected chi connectivity index (χ0v) is 13.2. The van der Waals surface area contributed by atoms with Gasteiger partial charge in [0.25, 0.3) is 0 Å². The Labute approximate surface area is 125 Å². The van der Waals surface area contributed by atoms with Crippen LogP contribution in [0.1, 0.15) is 31.7 Å². The predicted octanol–water partition coefficient (Wildman–Crippen LogP) is 2.83. The molecule has 4 nitrogen and oxygen atoms in total. The predicted molar refractivity (Wildman–Crippen MR) is 80.0 cm³/mol. The Morgan fingerprint density at radius 1 is 1.38 bits per heavy atom. The van der Waals surface area contributed by atoms with Gasteiger partial charge in [0, 0.05) is 0 Å². The van der Waals surface area contributed by atoms with E-state index in [1.807, 2.05) is 0 Å². The number of hydrogen-bond acceptors (Lipinski definition) is 4. The summed E-state index contributed by atoms with van der Waals surface area (Å²) in [5.41, 5.74) is -0.121. The standard InChI is InChI=1S/C16H24FNO3/c1-12-8-7-9-13(14(12)17)21-11-6-5-10-16(2,18-3)15(19)20-4/h7-9,18H,5-6,10-11H2,1-4H3. The summed E-state index contributed by atoms with van der Waals surface area (Å²) in [5, 5.41) is 2.98. The zero-order valence-electron chi connectivity index (χ0n) is 13.2. The van der Waals surface area contributed by atoms with Crippen molar-refractivity contribution in [1.29, 1.82) is 0 Å². The molecule has 5 heteroatoms. The van der Waals surface area contributed by atoms with E-state index in [2.05, 4.69) is 5.32 Å². The Balaban J connectivity index is 2.38. The van der Waals surface area contributed by atoms with E-state index in [-0.39, 0.29) is 17.5 Å². The van der Waals surface area contributed by atoms with E-state index in [1.54, 1.807) is 39.1 Å². The smallest absolute Gasteiger partial charge is 0.325 e. The van der Waals surface area contributed by atoms with Crippen molar-refractivity contribution < 1.29 is 18.7 Å². The molecule has 0 saturated heterocycles. The fourth-order valence-corrected chi connectivity index (χ4v) is 2.05. The van der Waals surface area contributed by atoms with Crippen molar-refractivity contribution in [2.24, 2.45) is 0 Å². The first kappa shape index (κ1) is 17.4. The van der Waals surface area contributed by atoms with Crippen LogP contribution in [0.2, 0.25) is 0 Å². The number of nitrogens with one attached hydrogen (secondary N) is 1. The van der Waals surface area contributed by atoms with Gasteiger partial charge in [-0.25, -0.2) is 4.39 Å². The molecule has 0 amide bonds. The van der Waals surface area contributed by atoms with E-state index < -0.39 is 5.54 Å². The number of esters is 1. The number of benzene rings is 1. The normalized spacial score (nSPS) is 13.6. The maximum absolute atomic E-state index is 13.7. The van der Waals surface area contributed by atoms with Gasteiger partial charge in [0.05, 0.1) is 13.7 Å². The van der Waals surface area contributed by atoms with Crippen LogP contribution in [-0.2, 0) is 9.53 Å². The molecule has 118 valence electrons. The lowest BCUT2D eigenvalue weighted by atomic mass is 9.95. The van der Waals surface area contributed by atoms with E-state index in [1.165, 1.54) is 7.11 Å². The minimum Gasteiger partial charge on any atom is -0.491 e. The van der Waals surface area contributed by atoms with Crippen molar-refractivity contribution in [3.8, 4) is 5.75 Å². The molecule has 21 heavy (non-hydrogen) atoms. The second-order valence-electron chi connectivity index (χ2n) is 5.27. The van der Waals surface area contributed by atoms with Gasteiger partial charge in [-0.3, -0.25) is 4.79 Å². The highest BCUT2D eigenvalue weighted by atomic mass is 19.1. The Morgan fingerprint density at radius 3 is 2.71 bits per heavy atom. The van der Waals surface area contributed by atoms with Crippen LogP contribution in [0.15, 0.2) is 18.2 Å². The van der Waals surface area contributed by atoms with Crippen LogP contribution in [0.25, 0.3) is 0 Å². The Kier molecular flexibility index (Phi) is 6.62. The third kappa shape index (κ3) is 4.70. The third-order valence-electron chi connectivity index (χ3n) is 3.67. The van der Waals surface area contributed by atoms with Crippen LogP contribution in [0.4, 0.5) is 4.39 Å². The lowest BCUT2D eigenvalue weighted by Gasteiger charge is -2.25. The number of carbonyl (C=O) groups is 1.